The second-order valence-corrected chi connectivity index (χ2v) is 28.6. The second kappa shape index (κ2) is 43.6. The first kappa shape index (κ1) is 89.1. The Morgan fingerprint density at radius 2 is 1.20 bits per heavy atom. The number of aromatic amines is 1. The molecule has 37 nitrogen and oxygen atoms in total. The van der Waals surface area contributed by atoms with Crippen LogP contribution in [-0.2, 0) is 96.0 Å². The van der Waals surface area contributed by atoms with E-state index in [2.05, 4.69) is 68.8 Å². The number of aromatic nitrogens is 1. The van der Waals surface area contributed by atoms with Gasteiger partial charge in [0.25, 0.3) is 0 Å². The first-order valence-corrected chi connectivity index (χ1v) is 37.4. The molecule has 1 aliphatic heterocycles. The second-order valence-electron chi connectivity index (χ2n) is 27.5. The van der Waals surface area contributed by atoms with Crippen molar-refractivity contribution in [1.29, 1.82) is 0 Å². The summed E-state index contributed by atoms with van der Waals surface area (Å²) in [6.45, 7) is 4.67. The molecule has 0 spiro atoms. The summed E-state index contributed by atoms with van der Waals surface area (Å²) in [5.74, 6) is -16.1. The minimum Gasteiger partial charge on any atom is -0.492 e. The Balaban J connectivity index is 1.42. The average molecular weight is 1580 g/mol. The van der Waals surface area contributed by atoms with Crippen molar-refractivity contribution in [3.8, 4) is 5.75 Å². The number of unbranched alkanes of at least 4 members (excludes halogenated alkanes) is 1. The summed E-state index contributed by atoms with van der Waals surface area (Å²) >= 11 is 0.936. The highest BCUT2D eigenvalue weighted by Gasteiger charge is 2.40. The molecule has 112 heavy (non-hydrogen) atoms. The number of para-hydroxylation sites is 1. The molecule has 0 saturated carbocycles. The van der Waals surface area contributed by atoms with Crippen LogP contribution in [0.15, 0.2) is 97.2 Å². The molecule has 11 atom stereocenters. The zero-order valence-electron chi connectivity index (χ0n) is 62.6. The Morgan fingerprint density at radius 3 is 1.83 bits per heavy atom. The molecule has 2 heterocycles. The first-order chi connectivity index (χ1) is 53.1. The molecule has 1 saturated heterocycles. The van der Waals surface area contributed by atoms with E-state index in [1.807, 2.05) is 18.2 Å². The van der Waals surface area contributed by atoms with Gasteiger partial charge in [0.2, 0.25) is 94.5 Å². The van der Waals surface area contributed by atoms with Crippen molar-refractivity contribution in [3.63, 3.8) is 0 Å². The fourth-order valence-corrected chi connectivity index (χ4v) is 12.9. The quantitative estimate of drug-likeness (QED) is 0.0167. The van der Waals surface area contributed by atoms with Gasteiger partial charge in [0.15, 0.2) is 0 Å². The molecule has 6 rings (SSSR count). The Hall–Kier alpha value is -11.8. The molecule has 606 valence electrons. The van der Waals surface area contributed by atoms with E-state index in [0.29, 0.717) is 39.8 Å². The minimum atomic E-state index is -1.96. The van der Waals surface area contributed by atoms with Gasteiger partial charge in [0, 0.05) is 68.4 Å². The number of carbonyl (C=O) groups is 16. The van der Waals surface area contributed by atoms with Crippen molar-refractivity contribution in [2.75, 3.05) is 37.7 Å². The molecular weight excluding hydrogens is 1470 g/mol. The van der Waals surface area contributed by atoms with Gasteiger partial charge in [-0.2, -0.15) is 11.8 Å². The number of amides is 16. The molecule has 1 aliphatic rings. The maximum absolute atomic E-state index is 15.5. The van der Waals surface area contributed by atoms with Gasteiger partial charge in [-0.05, 0) is 117 Å². The van der Waals surface area contributed by atoms with E-state index >= 15 is 19.2 Å². The number of H-pyrrole nitrogens is 1. The van der Waals surface area contributed by atoms with Gasteiger partial charge in [0.05, 0.1) is 19.1 Å². The number of thioether (sulfide) groups is 1. The van der Waals surface area contributed by atoms with Crippen LogP contribution >= 0.6 is 11.8 Å². The van der Waals surface area contributed by atoms with Gasteiger partial charge < -0.3 is 113 Å². The fraction of sp³-hybridized carbons (Fsp3) is 0.459. The normalized spacial score (nSPS) is 18.8. The number of carbonyl (C=O) groups excluding carboxylic acids is 16. The van der Waals surface area contributed by atoms with Crippen LogP contribution in [0.4, 0.5) is 0 Å². The van der Waals surface area contributed by atoms with Crippen molar-refractivity contribution in [2.45, 2.75) is 177 Å². The van der Waals surface area contributed by atoms with Gasteiger partial charge in [-0.15, -0.1) is 0 Å². The molecule has 1 fully saturated rings. The topological polar surface area (TPSA) is 619 Å². The number of hydrogen-bond donors (Lipinski definition) is 20. The van der Waals surface area contributed by atoms with E-state index in [1.54, 1.807) is 79.0 Å². The van der Waals surface area contributed by atoms with Crippen LogP contribution in [0.1, 0.15) is 102 Å². The van der Waals surface area contributed by atoms with Crippen LogP contribution < -0.4 is 103 Å². The average Bonchev–Trinajstić information content (AvgIpc) is 1.44. The summed E-state index contributed by atoms with van der Waals surface area (Å²) < 4.78 is 5.70. The van der Waals surface area contributed by atoms with Gasteiger partial charge >= 0.3 is 0 Å². The van der Waals surface area contributed by atoms with Crippen molar-refractivity contribution < 1.29 is 86.6 Å². The van der Waals surface area contributed by atoms with E-state index in [0.717, 1.165) is 36.4 Å². The highest BCUT2D eigenvalue weighted by Crippen LogP contribution is 2.23. The first-order valence-electron chi connectivity index (χ1n) is 36.3. The van der Waals surface area contributed by atoms with Crippen LogP contribution in [0.2, 0.25) is 0 Å². The number of nitrogens with two attached hydrogens (primary N) is 6. The van der Waals surface area contributed by atoms with Crippen LogP contribution in [-0.4, -0.2) is 214 Å². The van der Waals surface area contributed by atoms with Gasteiger partial charge in [0.1, 0.15) is 78.3 Å². The number of rotatable bonds is 36. The lowest BCUT2D eigenvalue weighted by Crippen LogP contribution is -2.63. The largest absolute Gasteiger partial charge is 0.492 e. The third-order valence-corrected chi connectivity index (χ3v) is 19.0. The lowest BCUT2D eigenvalue weighted by Gasteiger charge is -2.31. The number of primary amides is 4. The lowest BCUT2D eigenvalue weighted by molar-refractivity contribution is -0.137. The number of benzene rings is 4. The third kappa shape index (κ3) is 28.6. The molecule has 5 aromatic rings. The molecule has 16 amide bonds. The molecule has 1 aromatic heterocycles. The van der Waals surface area contributed by atoms with E-state index in [-0.39, 0.29) is 64.0 Å². The SMILES string of the molecule is CC(=O)N[C@H]1CCSC[C@@H](C(=O)N[C@@H](Cc2ccc(OCCN)cc2)C(=O)N[C@@H](Cc2ccc3ccccc3c2)C(=O)NC(C)(C)C(=O)N[C@@H](CCCCN)C(=O)N[C@@H](CC(N)=O)C(=O)NCC(N)=O)NC(=O)[C@H](CCC(N)=O)NC(=O)[C@H](Cc2c[nH]c3ccccc23)NC(=O)[C@H]([C@@H](C)O)NC(=O)[C@H](CCC(N)=O)NC1=O. The maximum Gasteiger partial charge on any atom is 0.245 e. The zero-order chi connectivity index (χ0) is 82.4. The van der Waals surface area contributed by atoms with Gasteiger partial charge in [-0.1, -0.05) is 72.8 Å². The van der Waals surface area contributed by atoms with E-state index in [9.17, 15) is 62.6 Å². The third-order valence-electron chi connectivity index (χ3n) is 17.9. The van der Waals surface area contributed by atoms with E-state index in [1.165, 1.54) is 13.8 Å². The Labute approximate surface area is 649 Å². The number of fused-ring (bicyclic) bond motifs is 2. The number of hydrogen-bond acceptors (Lipinski definition) is 21. The summed E-state index contributed by atoms with van der Waals surface area (Å²) in [5, 5.41) is 43.7. The summed E-state index contributed by atoms with van der Waals surface area (Å²) in [4.78, 5) is 225. The molecule has 4 aromatic carbocycles. The molecule has 0 unspecified atom stereocenters. The van der Waals surface area contributed by atoms with E-state index in [4.69, 9.17) is 39.1 Å². The predicted octanol–water partition coefficient (Wildman–Crippen LogP) is -4.90. The van der Waals surface area contributed by atoms with Gasteiger partial charge in [-0.3, -0.25) is 76.7 Å². The van der Waals surface area contributed by atoms with Crippen molar-refractivity contribution >= 4 is 128 Å². The van der Waals surface area contributed by atoms with Crippen LogP contribution in [0, 0.1) is 0 Å². The fourth-order valence-electron chi connectivity index (χ4n) is 11.9. The standard InChI is InChI=1S/C74H101N19O18S/c1-39(94)62-72(109)89-55(34-45-36-81-48-14-8-7-13-47(45)48)69(106)85-50(22-24-58(77)96)65(102)90-57(38-112-30-26-52(83-40(2)95)66(103)84-51(67(104)92-62)23-25-59(78)97)70(107)86-53(32-41-17-20-46(21-18-41)111-29-28-76)68(105)87-54(33-42-16-19-43-11-5-6-12-44(43)31-42)71(108)93-74(3,4)73(110)91-49(15-9-10-27-75)64(101)88-56(35-60(79)98)63(100)82-37-61(80)99/h5-8,11-14,16-21,31,36,39,49-57,62,81,94H,9-10,15,22-30,32-35,37-38,75-76H2,1-4H3,(H2,77,96)(H2,78,97)(H2,79,98)(H2,80,99)(H,82,100)(H,83,95)(H,84,103)(H,85,106)(H,86,107)(H,87,105)(H,88,101)(H,89,109)(H,90,102)(H,91,110)(H,92,104)(H,93,108)/t39-,49+,50+,51+,52+,53+,54+,55+,56+,57+,62+/m1/s1. The smallest absolute Gasteiger partial charge is 0.245 e. The molecule has 38 heteroatoms. The van der Waals surface area contributed by atoms with Crippen molar-refractivity contribution in [1.82, 2.24) is 68.8 Å². The lowest BCUT2D eigenvalue weighted by atomic mass is 9.97. The minimum absolute atomic E-state index is 0.0823. The van der Waals surface area contributed by atoms with Crippen LogP contribution in [0.25, 0.3) is 21.7 Å². The molecule has 0 bridgehead atoms. The zero-order valence-corrected chi connectivity index (χ0v) is 63.4. The van der Waals surface area contributed by atoms with Crippen molar-refractivity contribution in [2.24, 2.45) is 34.4 Å². The number of ether oxygens (including phenoxy) is 1. The molecule has 0 aliphatic carbocycles. The monoisotopic (exact) mass is 1580 g/mol. The van der Waals surface area contributed by atoms with Crippen LogP contribution in [0.3, 0.4) is 0 Å². The predicted molar refractivity (Wildman–Crippen MR) is 411 cm³/mol. The Morgan fingerprint density at radius 1 is 0.607 bits per heavy atom. The molecule has 0 radical (unpaired) electrons. The highest BCUT2D eigenvalue weighted by molar-refractivity contribution is 7.99. The number of aliphatic hydroxyl groups excluding tert-OH is 1. The number of aliphatic hydroxyl groups is 1. The highest BCUT2D eigenvalue weighted by atomic mass is 32.2. The Bertz CT molecular complexity index is 4220. The van der Waals surface area contributed by atoms with Gasteiger partial charge in [-0.25, -0.2) is 0 Å². The summed E-state index contributed by atoms with van der Waals surface area (Å²) in [6.07, 6.45) is -3.56. The summed E-state index contributed by atoms with van der Waals surface area (Å²) in [7, 11) is 0. The maximum atomic E-state index is 15.5. The van der Waals surface area contributed by atoms with Crippen LogP contribution in [0.5, 0.6) is 5.75 Å². The molecular formula is C74H101N19O18S. The van der Waals surface area contributed by atoms with Crippen molar-refractivity contribution in [3.05, 3.63) is 114 Å². The number of nitrogens with one attached hydrogen (secondary N) is 13. The summed E-state index contributed by atoms with van der Waals surface area (Å²) in [5.41, 5.74) is 33.2. The molecule has 26 N–H and O–H groups in total. The summed E-state index contributed by atoms with van der Waals surface area (Å²) in [6, 6.07) is 9.16. The Kier molecular flexibility index (Phi) is 34.7. The van der Waals surface area contributed by atoms with E-state index < -0.39 is 211 Å².